The van der Waals surface area contributed by atoms with Crippen LogP contribution in [0.15, 0.2) is 6.07 Å². The zero-order chi connectivity index (χ0) is 16.2. The fraction of sp³-hybridized carbons (Fsp3) is 0.533. The molecular formula is C15H21N5O2S. The maximum Gasteiger partial charge on any atom is 0.228 e. The van der Waals surface area contributed by atoms with Gasteiger partial charge in [0.25, 0.3) is 0 Å². The molecule has 0 spiro atoms. The Kier molecular flexibility index (Phi) is 4.92. The Morgan fingerprint density at radius 1 is 1.35 bits per heavy atom. The van der Waals surface area contributed by atoms with Crippen molar-refractivity contribution in [3.05, 3.63) is 10.9 Å². The third-order valence-corrected chi connectivity index (χ3v) is 5.10. The van der Waals surface area contributed by atoms with E-state index in [4.69, 9.17) is 10.1 Å². The van der Waals surface area contributed by atoms with Gasteiger partial charge in [-0.1, -0.05) is 6.92 Å². The molecule has 0 saturated carbocycles. The predicted molar refractivity (Wildman–Crippen MR) is 92.2 cm³/mol. The number of carbonyl (C=O) groups excluding carboxylic acids is 1. The van der Waals surface area contributed by atoms with E-state index in [1.54, 1.807) is 16.2 Å². The standard InChI is InChI=1S/C15H21N5O2S/c1-2-11-9-12-13(16-3-8-21)17-15(18-14(12)23-11)20-6-4-19(10-22)5-7-20/h9-10,21H,2-8H2,1H3,(H,16,17,18). The molecular weight excluding hydrogens is 314 g/mol. The molecule has 2 aromatic heterocycles. The van der Waals surface area contributed by atoms with Crippen LogP contribution in [0.1, 0.15) is 11.8 Å². The van der Waals surface area contributed by atoms with Gasteiger partial charge in [0, 0.05) is 37.6 Å². The Bertz CT molecular complexity index is 682. The summed E-state index contributed by atoms with van der Waals surface area (Å²) in [5, 5.41) is 13.3. The minimum Gasteiger partial charge on any atom is -0.395 e. The number of nitrogens with one attached hydrogen (secondary N) is 1. The van der Waals surface area contributed by atoms with E-state index in [-0.39, 0.29) is 6.61 Å². The molecule has 8 heteroatoms. The number of aliphatic hydroxyl groups is 1. The Hall–Kier alpha value is -1.93. The molecule has 0 aliphatic carbocycles. The zero-order valence-electron chi connectivity index (χ0n) is 13.2. The first-order chi connectivity index (χ1) is 11.2. The second-order valence-electron chi connectivity index (χ2n) is 5.44. The Morgan fingerprint density at radius 3 is 2.78 bits per heavy atom. The molecule has 1 aliphatic heterocycles. The van der Waals surface area contributed by atoms with Crippen LogP contribution in [0.5, 0.6) is 0 Å². The largest absolute Gasteiger partial charge is 0.395 e. The van der Waals surface area contributed by atoms with E-state index in [1.807, 2.05) is 0 Å². The number of hydrogen-bond acceptors (Lipinski definition) is 7. The lowest BCUT2D eigenvalue weighted by molar-refractivity contribution is -0.118. The first-order valence-electron chi connectivity index (χ1n) is 7.84. The fourth-order valence-electron chi connectivity index (χ4n) is 2.61. The van der Waals surface area contributed by atoms with E-state index in [0.717, 1.165) is 42.0 Å². The number of fused-ring (bicyclic) bond motifs is 1. The van der Waals surface area contributed by atoms with Gasteiger partial charge in [-0.15, -0.1) is 11.3 Å². The number of rotatable bonds is 6. The molecule has 0 bridgehead atoms. The van der Waals surface area contributed by atoms with Crippen molar-refractivity contribution in [2.75, 3.05) is 49.5 Å². The highest BCUT2D eigenvalue weighted by atomic mass is 32.1. The summed E-state index contributed by atoms with van der Waals surface area (Å²) in [6.07, 6.45) is 1.86. The summed E-state index contributed by atoms with van der Waals surface area (Å²) in [4.78, 5) is 26.3. The summed E-state index contributed by atoms with van der Waals surface area (Å²) in [5.74, 6) is 1.46. The van der Waals surface area contributed by atoms with Gasteiger partial charge in [-0.05, 0) is 12.5 Å². The molecule has 2 aromatic rings. The van der Waals surface area contributed by atoms with E-state index in [1.165, 1.54) is 4.88 Å². The molecule has 0 radical (unpaired) electrons. The minimum absolute atomic E-state index is 0.0591. The monoisotopic (exact) mass is 335 g/mol. The van der Waals surface area contributed by atoms with Crippen molar-refractivity contribution in [1.29, 1.82) is 0 Å². The van der Waals surface area contributed by atoms with Crippen molar-refractivity contribution in [3.8, 4) is 0 Å². The maximum absolute atomic E-state index is 10.8. The van der Waals surface area contributed by atoms with Crippen molar-refractivity contribution in [2.45, 2.75) is 13.3 Å². The molecule has 0 atom stereocenters. The van der Waals surface area contributed by atoms with Crippen LogP contribution in [-0.2, 0) is 11.2 Å². The number of piperazine rings is 1. The molecule has 0 unspecified atom stereocenters. The predicted octanol–water partition coefficient (Wildman–Crippen LogP) is 0.936. The molecule has 3 rings (SSSR count). The first-order valence-corrected chi connectivity index (χ1v) is 8.66. The number of nitrogens with zero attached hydrogens (tertiary/aromatic N) is 4. The number of anilines is 2. The minimum atomic E-state index is 0.0591. The van der Waals surface area contributed by atoms with Crippen molar-refractivity contribution in [3.63, 3.8) is 0 Å². The molecule has 1 saturated heterocycles. The maximum atomic E-state index is 10.8. The van der Waals surface area contributed by atoms with Crippen molar-refractivity contribution >= 4 is 39.7 Å². The Labute approximate surface area is 138 Å². The SMILES string of the molecule is CCc1cc2c(NCCO)nc(N3CCN(C=O)CC3)nc2s1. The van der Waals surface area contributed by atoms with Crippen LogP contribution in [0.25, 0.3) is 10.2 Å². The second kappa shape index (κ2) is 7.10. The number of aromatic nitrogens is 2. The number of aliphatic hydroxyl groups excluding tert-OH is 1. The summed E-state index contributed by atoms with van der Waals surface area (Å²) in [6.45, 7) is 5.49. The van der Waals surface area contributed by atoms with E-state index >= 15 is 0 Å². The fourth-order valence-corrected chi connectivity index (χ4v) is 3.57. The molecule has 1 amide bonds. The van der Waals surface area contributed by atoms with E-state index < -0.39 is 0 Å². The molecule has 0 aromatic carbocycles. The third-order valence-electron chi connectivity index (χ3n) is 3.93. The van der Waals surface area contributed by atoms with Crippen LogP contribution in [0.3, 0.4) is 0 Å². The topological polar surface area (TPSA) is 81.6 Å². The van der Waals surface area contributed by atoms with Gasteiger partial charge in [-0.3, -0.25) is 4.79 Å². The van der Waals surface area contributed by atoms with E-state index in [0.29, 0.717) is 25.6 Å². The molecule has 7 nitrogen and oxygen atoms in total. The molecule has 3 heterocycles. The average Bonchev–Trinajstić information content (AvgIpc) is 3.03. The van der Waals surface area contributed by atoms with Gasteiger partial charge in [0.2, 0.25) is 12.4 Å². The Balaban J connectivity index is 1.92. The van der Waals surface area contributed by atoms with Gasteiger partial charge < -0.3 is 20.2 Å². The number of thiophene rings is 1. The zero-order valence-corrected chi connectivity index (χ0v) is 14.0. The van der Waals surface area contributed by atoms with Crippen molar-refractivity contribution in [2.24, 2.45) is 0 Å². The lowest BCUT2D eigenvalue weighted by Crippen LogP contribution is -2.46. The molecule has 1 fully saturated rings. The number of carbonyl (C=O) groups is 1. The van der Waals surface area contributed by atoms with Gasteiger partial charge in [-0.2, -0.15) is 4.98 Å². The van der Waals surface area contributed by atoms with Gasteiger partial charge in [0.05, 0.1) is 12.0 Å². The highest BCUT2D eigenvalue weighted by Crippen LogP contribution is 2.31. The quantitative estimate of drug-likeness (QED) is 0.765. The molecule has 2 N–H and O–H groups in total. The summed E-state index contributed by atoms with van der Waals surface area (Å²) in [6, 6.07) is 2.12. The van der Waals surface area contributed by atoms with Crippen LogP contribution in [0, 0.1) is 0 Å². The molecule has 124 valence electrons. The molecule has 1 aliphatic rings. The first kappa shape index (κ1) is 15.9. The van der Waals surface area contributed by atoms with Crippen molar-refractivity contribution < 1.29 is 9.90 Å². The van der Waals surface area contributed by atoms with Gasteiger partial charge in [-0.25, -0.2) is 4.98 Å². The van der Waals surface area contributed by atoms with E-state index in [9.17, 15) is 4.79 Å². The highest BCUT2D eigenvalue weighted by Gasteiger charge is 2.20. The smallest absolute Gasteiger partial charge is 0.228 e. The molecule has 23 heavy (non-hydrogen) atoms. The van der Waals surface area contributed by atoms with Crippen LogP contribution in [-0.4, -0.2) is 65.7 Å². The summed E-state index contributed by atoms with van der Waals surface area (Å²) < 4.78 is 0. The van der Waals surface area contributed by atoms with E-state index in [2.05, 4.69) is 28.2 Å². The highest BCUT2D eigenvalue weighted by molar-refractivity contribution is 7.18. The normalized spacial score (nSPS) is 15.2. The number of aryl methyl sites for hydroxylation is 1. The summed E-state index contributed by atoms with van der Waals surface area (Å²) in [5.41, 5.74) is 0. The average molecular weight is 335 g/mol. The second-order valence-corrected chi connectivity index (χ2v) is 6.55. The third kappa shape index (κ3) is 3.37. The van der Waals surface area contributed by atoms with Crippen LogP contribution in [0.4, 0.5) is 11.8 Å². The lowest BCUT2D eigenvalue weighted by Gasteiger charge is -2.32. The number of hydrogen-bond donors (Lipinski definition) is 2. The summed E-state index contributed by atoms with van der Waals surface area (Å²) >= 11 is 1.68. The number of amides is 1. The van der Waals surface area contributed by atoms with Crippen molar-refractivity contribution in [1.82, 2.24) is 14.9 Å². The van der Waals surface area contributed by atoms with Crippen LogP contribution in [0.2, 0.25) is 0 Å². The Morgan fingerprint density at radius 2 is 2.13 bits per heavy atom. The summed E-state index contributed by atoms with van der Waals surface area (Å²) in [7, 11) is 0. The van der Waals surface area contributed by atoms with Crippen LogP contribution >= 0.6 is 11.3 Å². The van der Waals surface area contributed by atoms with Gasteiger partial charge >= 0.3 is 0 Å². The lowest BCUT2D eigenvalue weighted by atomic mass is 10.3. The van der Waals surface area contributed by atoms with Gasteiger partial charge in [0.1, 0.15) is 10.6 Å². The van der Waals surface area contributed by atoms with Crippen LogP contribution < -0.4 is 10.2 Å². The van der Waals surface area contributed by atoms with Gasteiger partial charge in [0.15, 0.2) is 0 Å².